The number of rotatable bonds is 4. The summed E-state index contributed by atoms with van der Waals surface area (Å²) in [6.45, 7) is 1.26. The normalized spacial score (nSPS) is 18.2. The van der Waals surface area contributed by atoms with Gasteiger partial charge in [0.05, 0.1) is 0 Å². The summed E-state index contributed by atoms with van der Waals surface area (Å²) in [5.74, 6) is -2.09. The fourth-order valence-corrected chi connectivity index (χ4v) is 1.04. The summed E-state index contributed by atoms with van der Waals surface area (Å²) in [7, 11) is 3.77. The topological polar surface area (TPSA) is 66.5 Å². The van der Waals surface area contributed by atoms with Gasteiger partial charge in [0, 0.05) is 13.1 Å². The molecule has 5 heteroatoms. The second-order valence-electron chi connectivity index (χ2n) is 3.25. The lowest BCUT2D eigenvalue weighted by Gasteiger charge is -2.22. The van der Waals surface area contributed by atoms with E-state index in [1.807, 2.05) is 19.0 Å². The van der Waals surface area contributed by atoms with E-state index in [9.17, 15) is 14.4 Å². The summed E-state index contributed by atoms with van der Waals surface area (Å²) < 4.78 is 0. The first-order valence-electron chi connectivity index (χ1n) is 4.04. The van der Waals surface area contributed by atoms with Gasteiger partial charge in [-0.1, -0.05) is 0 Å². The summed E-state index contributed by atoms with van der Waals surface area (Å²) in [6.07, 6.45) is 0. The van der Waals surface area contributed by atoms with Crippen LogP contribution >= 0.6 is 0 Å². The second-order valence-corrected chi connectivity index (χ2v) is 3.25. The molecule has 0 aromatic heterocycles. The van der Waals surface area contributed by atoms with E-state index in [0.29, 0.717) is 6.54 Å². The molecule has 0 radical (unpaired) electrons. The molecule has 0 aromatic carbocycles. The maximum atomic E-state index is 10.8. The monoisotopic (exact) mass is 184 g/mol. The van der Waals surface area contributed by atoms with Crippen LogP contribution in [-0.4, -0.2) is 55.5 Å². The Morgan fingerprint density at radius 1 is 1.23 bits per heavy atom. The van der Waals surface area contributed by atoms with Crippen LogP contribution in [0.15, 0.2) is 0 Å². The predicted octanol–water partition coefficient (Wildman–Crippen LogP) is -1.77. The Balaban J connectivity index is 2.28. The van der Waals surface area contributed by atoms with Crippen LogP contribution < -0.4 is 5.32 Å². The van der Waals surface area contributed by atoms with E-state index >= 15 is 0 Å². The van der Waals surface area contributed by atoms with Crippen molar-refractivity contribution < 1.29 is 14.4 Å². The van der Waals surface area contributed by atoms with Crippen molar-refractivity contribution in [3.05, 3.63) is 0 Å². The Kier molecular flexibility index (Phi) is 2.90. The molecule has 1 aliphatic carbocycles. The minimum atomic E-state index is -0.873. The molecule has 0 aliphatic heterocycles. The van der Waals surface area contributed by atoms with E-state index in [1.165, 1.54) is 0 Å². The fourth-order valence-electron chi connectivity index (χ4n) is 1.04. The van der Waals surface area contributed by atoms with Crippen molar-refractivity contribution in [3.63, 3.8) is 0 Å². The number of hydrogen-bond donors (Lipinski definition) is 1. The number of carbonyl (C=O) groups is 3. The van der Waals surface area contributed by atoms with Crippen molar-refractivity contribution in [2.24, 2.45) is 0 Å². The zero-order chi connectivity index (χ0) is 10.0. The maximum absolute atomic E-state index is 10.8. The van der Waals surface area contributed by atoms with Crippen LogP contribution in [0, 0.1) is 0 Å². The number of nitrogens with one attached hydrogen (secondary N) is 1. The van der Waals surface area contributed by atoms with Crippen molar-refractivity contribution in [2.45, 2.75) is 6.04 Å². The van der Waals surface area contributed by atoms with Crippen LogP contribution in [0.4, 0.5) is 0 Å². The number of Topliss-reactive ketones (excluding diaryl/α,β-unsaturated/α-hetero) is 3. The number of carbonyl (C=O) groups excluding carboxylic acids is 3. The van der Waals surface area contributed by atoms with Gasteiger partial charge in [-0.15, -0.1) is 0 Å². The van der Waals surface area contributed by atoms with Gasteiger partial charge in [0.2, 0.25) is 11.6 Å². The first-order valence-corrected chi connectivity index (χ1v) is 4.04. The largest absolute Gasteiger partial charge is 0.308 e. The minimum absolute atomic E-state index is 0.530. The van der Waals surface area contributed by atoms with Crippen molar-refractivity contribution >= 4 is 17.3 Å². The lowest BCUT2D eigenvalue weighted by atomic mass is 9.88. The highest BCUT2D eigenvalue weighted by Crippen LogP contribution is 2.04. The van der Waals surface area contributed by atoms with E-state index in [0.717, 1.165) is 6.54 Å². The predicted molar refractivity (Wildman–Crippen MR) is 45.4 cm³/mol. The van der Waals surface area contributed by atoms with Crippen LogP contribution in [-0.2, 0) is 14.4 Å². The maximum Gasteiger partial charge on any atom is 0.268 e. The molecule has 1 rings (SSSR count). The quantitative estimate of drug-likeness (QED) is 0.413. The molecular weight excluding hydrogens is 172 g/mol. The molecular formula is C8H12N2O3. The fraction of sp³-hybridized carbons (Fsp3) is 0.625. The number of likely N-dealkylation sites (N-methyl/N-ethyl adjacent to an activating group) is 1. The third-order valence-corrected chi connectivity index (χ3v) is 1.88. The zero-order valence-corrected chi connectivity index (χ0v) is 7.66. The Morgan fingerprint density at radius 2 is 1.77 bits per heavy atom. The molecule has 0 unspecified atom stereocenters. The average molecular weight is 184 g/mol. The SMILES string of the molecule is CN(C)CCNC1C(=O)C(=O)C1=O. The lowest BCUT2D eigenvalue weighted by molar-refractivity contribution is -0.154. The van der Waals surface area contributed by atoms with Crippen molar-refractivity contribution in [3.8, 4) is 0 Å². The summed E-state index contributed by atoms with van der Waals surface area (Å²) in [5, 5.41) is 2.72. The van der Waals surface area contributed by atoms with Crippen LogP contribution in [0.2, 0.25) is 0 Å². The molecule has 0 amide bonds. The van der Waals surface area contributed by atoms with Gasteiger partial charge < -0.3 is 4.90 Å². The van der Waals surface area contributed by atoms with Gasteiger partial charge in [-0.3, -0.25) is 19.7 Å². The van der Waals surface area contributed by atoms with Gasteiger partial charge >= 0.3 is 0 Å². The number of ketones is 3. The van der Waals surface area contributed by atoms with Gasteiger partial charge in [-0.05, 0) is 14.1 Å². The summed E-state index contributed by atoms with van der Waals surface area (Å²) in [4.78, 5) is 34.0. The van der Waals surface area contributed by atoms with Crippen molar-refractivity contribution in [1.82, 2.24) is 10.2 Å². The van der Waals surface area contributed by atoms with Gasteiger partial charge in [-0.25, -0.2) is 0 Å². The lowest BCUT2D eigenvalue weighted by Crippen LogP contribution is -2.61. The van der Waals surface area contributed by atoms with Crippen molar-refractivity contribution in [1.29, 1.82) is 0 Å². The van der Waals surface area contributed by atoms with Gasteiger partial charge in [0.1, 0.15) is 6.04 Å². The third kappa shape index (κ3) is 1.99. The first kappa shape index (κ1) is 10.0. The van der Waals surface area contributed by atoms with Gasteiger partial charge in [0.15, 0.2) is 0 Å². The molecule has 0 saturated heterocycles. The molecule has 0 spiro atoms. The molecule has 72 valence electrons. The third-order valence-electron chi connectivity index (χ3n) is 1.88. The summed E-state index contributed by atoms with van der Waals surface area (Å²) in [5.41, 5.74) is 0. The Labute approximate surface area is 76.1 Å². The van der Waals surface area contributed by atoms with Crippen LogP contribution in [0.1, 0.15) is 0 Å². The number of nitrogens with zero attached hydrogens (tertiary/aromatic N) is 1. The molecule has 0 aromatic rings. The van der Waals surface area contributed by atoms with E-state index in [4.69, 9.17) is 0 Å². The molecule has 0 atom stereocenters. The highest BCUT2D eigenvalue weighted by molar-refractivity contribution is 6.78. The van der Waals surface area contributed by atoms with Crippen LogP contribution in [0.5, 0.6) is 0 Å². The smallest absolute Gasteiger partial charge is 0.268 e. The molecule has 5 nitrogen and oxygen atoms in total. The van der Waals surface area contributed by atoms with Gasteiger partial charge in [0.25, 0.3) is 5.78 Å². The number of hydrogen-bond acceptors (Lipinski definition) is 5. The molecule has 1 fully saturated rings. The molecule has 0 heterocycles. The average Bonchev–Trinajstić information content (AvgIpc) is 2.10. The highest BCUT2D eigenvalue weighted by atomic mass is 16.2. The van der Waals surface area contributed by atoms with E-state index in [1.54, 1.807) is 0 Å². The highest BCUT2D eigenvalue weighted by Gasteiger charge is 2.47. The molecule has 0 bridgehead atoms. The van der Waals surface area contributed by atoms with E-state index in [2.05, 4.69) is 5.32 Å². The summed E-state index contributed by atoms with van der Waals surface area (Å²) in [6, 6.07) is -0.868. The molecule has 1 N–H and O–H groups in total. The molecule has 1 aliphatic rings. The summed E-state index contributed by atoms with van der Waals surface area (Å²) >= 11 is 0. The zero-order valence-electron chi connectivity index (χ0n) is 7.66. The van der Waals surface area contributed by atoms with E-state index in [-0.39, 0.29) is 0 Å². The minimum Gasteiger partial charge on any atom is -0.308 e. The molecule has 13 heavy (non-hydrogen) atoms. The van der Waals surface area contributed by atoms with Gasteiger partial charge in [-0.2, -0.15) is 0 Å². The van der Waals surface area contributed by atoms with Crippen molar-refractivity contribution in [2.75, 3.05) is 27.2 Å². The van der Waals surface area contributed by atoms with Crippen LogP contribution in [0.25, 0.3) is 0 Å². The Hall–Kier alpha value is -1.07. The second kappa shape index (κ2) is 3.76. The Bertz CT molecular complexity index is 242. The standard InChI is InChI=1S/C8H12N2O3/c1-10(2)4-3-9-5-6(11)8(13)7(5)12/h5,9H,3-4H2,1-2H3. The van der Waals surface area contributed by atoms with Crippen LogP contribution in [0.3, 0.4) is 0 Å². The molecule has 1 saturated carbocycles. The first-order chi connectivity index (χ1) is 6.04. The Morgan fingerprint density at radius 3 is 2.23 bits per heavy atom. The van der Waals surface area contributed by atoms with E-state index < -0.39 is 23.4 Å².